The first-order valence-electron chi connectivity index (χ1n) is 6.76. The molecule has 0 aromatic heterocycles. The van der Waals surface area contributed by atoms with Gasteiger partial charge in [-0.25, -0.2) is 0 Å². The molecular weight excluding hydrogens is 216 g/mol. The summed E-state index contributed by atoms with van der Waals surface area (Å²) in [7, 11) is 0. The van der Waals surface area contributed by atoms with E-state index in [-0.39, 0.29) is 18.4 Å². The van der Waals surface area contributed by atoms with Gasteiger partial charge in [0.2, 0.25) is 5.91 Å². The molecule has 2 heterocycles. The van der Waals surface area contributed by atoms with Crippen molar-refractivity contribution < 1.29 is 9.90 Å². The van der Waals surface area contributed by atoms with Gasteiger partial charge in [-0.05, 0) is 26.7 Å². The first-order valence-corrected chi connectivity index (χ1v) is 6.76. The van der Waals surface area contributed by atoms with Gasteiger partial charge in [-0.15, -0.1) is 0 Å². The molecule has 1 atom stereocenters. The van der Waals surface area contributed by atoms with Gasteiger partial charge in [0.05, 0.1) is 0 Å². The second-order valence-corrected chi connectivity index (χ2v) is 5.66. The fourth-order valence-corrected chi connectivity index (χ4v) is 3.00. The summed E-state index contributed by atoms with van der Waals surface area (Å²) in [6.07, 6.45) is 2.71. The molecule has 2 fully saturated rings. The highest BCUT2D eigenvalue weighted by Crippen LogP contribution is 2.25. The van der Waals surface area contributed by atoms with Gasteiger partial charge in [-0.1, -0.05) is 0 Å². The second kappa shape index (κ2) is 5.36. The Bertz CT molecular complexity index is 273. The molecule has 4 heteroatoms. The number of aliphatic hydroxyl groups is 1. The molecule has 17 heavy (non-hydrogen) atoms. The van der Waals surface area contributed by atoms with Crippen LogP contribution in [-0.2, 0) is 4.79 Å². The minimum atomic E-state index is 0.146. The quantitative estimate of drug-likeness (QED) is 0.790. The molecule has 0 aromatic rings. The number of aliphatic hydroxyl groups excluding tert-OH is 1. The van der Waals surface area contributed by atoms with Crippen LogP contribution in [0.25, 0.3) is 0 Å². The molecule has 2 aliphatic heterocycles. The van der Waals surface area contributed by atoms with Gasteiger partial charge in [-0.3, -0.25) is 4.79 Å². The average molecular weight is 240 g/mol. The predicted molar refractivity (Wildman–Crippen MR) is 66.6 cm³/mol. The summed E-state index contributed by atoms with van der Waals surface area (Å²) in [6, 6.07) is 1.02. The molecular formula is C13H24N2O2. The highest BCUT2D eigenvalue weighted by molar-refractivity contribution is 5.79. The summed E-state index contributed by atoms with van der Waals surface area (Å²) in [5.74, 6) is 0.415. The Labute approximate surface area is 104 Å². The third-order valence-electron chi connectivity index (χ3n) is 4.17. The van der Waals surface area contributed by atoms with Crippen LogP contribution in [0.1, 0.15) is 33.1 Å². The molecule has 1 amide bonds. The molecule has 2 saturated heterocycles. The maximum absolute atomic E-state index is 11.9. The van der Waals surface area contributed by atoms with Crippen molar-refractivity contribution >= 4 is 5.91 Å². The van der Waals surface area contributed by atoms with E-state index in [2.05, 4.69) is 18.7 Å². The molecule has 98 valence electrons. The van der Waals surface area contributed by atoms with Crippen molar-refractivity contribution in [3.8, 4) is 0 Å². The summed E-state index contributed by atoms with van der Waals surface area (Å²) < 4.78 is 0. The first-order chi connectivity index (χ1) is 8.11. The van der Waals surface area contributed by atoms with E-state index in [1.165, 1.54) is 0 Å². The number of likely N-dealkylation sites (tertiary alicyclic amines) is 2. The third-order valence-corrected chi connectivity index (χ3v) is 4.17. The Morgan fingerprint density at radius 2 is 2.00 bits per heavy atom. The fraction of sp³-hybridized carbons (Fsp3) is 0.923. The first kappa shape index (κ1) is 12.8. The molecule has 1 unspecified atom stereocenters. The molecule has 2 rings (SSSR count). The van der Waals surface area contributed by atoms with Gasteiger partial charge in [0.15, 0.2) is 0 Å². The van der Waals surface area contributed by atoms with E-state index < -0.39 is 0 Å². The van der Waals surface area contributed by atoms with Gasteiger partial charge in [0.25, 0.3) is 0 Å². The maximum atomic E-state index is 11.9. The molecule has 0 aromatic carbocycles. The smallest absolute Gasteiger partial charge is 0.223 e. The number of carbonyl (C=O) groups excluding carboxylic acids is 1. The average Bonchev–Trinajstić information content (AvgIpc) is 2.71. The van der Waals surface area contributed by atoms with Crippen LogP contribution in [0.2, 0.25) is 0 Å². The lowest BCUT2D eigenvalue weighted by atomic mass is 10.0. The molecule has 0 saturated carbocycles. The lowest BCUT2D eigenvalue weighted by Crippen LogP contribution is -2.47. The van der Waals surface area contributed by atoms with Crippen LogP contribution in [0.3, 0.4) is 0 Å². The molecule has 1 N–H and O–H groups in total. The van der Waals surface area contributed by atoms with Crippen LogP contribution < -0.4 is 0 Å². The number of carbonyl (C=O) groups is 1. The van der Waals surface area contributed by atoms with E-state index in [9.17, 15) is 4.79 Å². The van der Waals surface area contributed by atoms with E-state index in [1.54, 1.807) is 0 Å². The minimum absolute atomic E-state index is 0.146. The topological polar surface area (TPSA) is 43.8 Å². The van der Waals surface area contributed by atoms with Crippen molar-refractivity contribution in [2.75, 3.05) is 26.2 Å². The number of nitrogens with zero attached hydrogens (tertiary/aromatic N) is 2. The third kappa shape index (κ3) is 2.80. The molecule has 0 bridgehead atoms. The van der Waals surface area contributed by atoms with Crippen molar-refractivity contribution in [3.63, 3.8) is 0 Å². The lowest BCUT2D eigenvalue weighted by molar-refractivity contribution is -0.130. The van der Waals surface area contributed by atoms with Crippen molar-refractivity contribution in [1.29, 1.82) is 0 Å². The summed E-state index contributed by atoms with van der Waals surface area (Å²) in [4.78, 5) is 16.3. The largest absolute Gasteiger partial charge is 0.396 e. The SMILES string of the molecule is CC(C)N1CCC(N2CC(CO)CC2=O)CC1. The van der Waals surface area contributed by atoms with Crippen LogP contribution in [-0.4, -0.2) is 59.1 Å². The van der Waals surface area contributed by atoms with E-state index in [0.29, 0.717) is 18.5 Å². The number of amides is 1. The summed E-state index contributed by atoms with van der Waals surface area (Å²) in [5, 5.41) is 9.13. The van der Waals surface area contributed by atoms with Crippen molar-refractivity contribution in [2.45, 2.75) is 45.2 Å². The van der Waals surface area contributed by atoms with Crippen LogP contribution in [0.5, 0.6) is 0 Å². The van der Waals surface area contributed by atoms with Crippen LogP contribution in [0.15, 0.2) is 0 Å². The zero-order chi connectivity index (χ0) is 12.4. The molecule has 0 spiro atoms. The van der Waals surface area contributed by atoms with Gasteiger partial charge in [-0.2, -0.15) is 0 Å². The van der Waals surface area contributed by atoms with Gasteiger partial charge in [0.1, 0.15) is 0 Å². The normalized spacial score (nSPS) is 28.4. The van der Waals surface area contributed by atoms with E-state index in [1.807, 2.05) is 4.90 Å². The zero-order valence-electron chi connectivity index (χ0n) is 10.9. The maximum Gasteiger partial charge on any atom is 0.223 e. The summed E-state index contributed by atoms with van der Waals surface area (Å²) in [6.45, 7) is 7.55. The lowest BCUT2D eigenvalue weighted by Gasteiger charge is -2.38. The highest BCUT2D eigenvalue weighted by atomic mass is 16.3. The predicted octanol–water partition coefficient (Wildman–Crippen LogP) is 0.700. The Kier molecular flexibility index (Phi) is 4.05. The monoisotopic (exact) mass is 240 g/mol. The Morgan fingerprint density at radius 1 is 1.35 bits per heavy atom. The van der Waals surface area contributed by atoms with E-state index >= 15 is 0 Å². The number of hydrogen-bond acceptors (Lipinski definition) is 3. The number of rotatable bonds is 3. The van der Waals surface area contributed by atoms with E-state index in [0.717, 1.165) is 32.5 Å². The minimum Gasteiger partial charge on any atom is -0.396 e. The Hall–Kier alpha value is -0.610. The van der Waals surface area contributed by atoms with Gasteiger partial charge < -0.3 is 14.9 Å². The molecule has 4 nitrogen and oxygen atoms in total. The number of hydrogen-bond donors (Lipinski definition) is 1. The van der Waals surface area contributed by atoms with Gasteiger partial charge >= 0.3 is 0 Å². The van der Waals surface area contributed by atoms with Crippen LogP contribution in [0, 0.1) is 5.92 Å². The van der Waals surface area contributed by atoms with Crippen molar-refractivity contribution in [3.05, 3.63) is 0 Å². The number of piperidine rings is 1. The zero-order valence-corrected chi connectivity index (χ0v) is 10.9. The van der Waals surface area contributed by atoms with Crippen LogP contribution in [0.4, 0.5) is 0 Å². The Morgan fingerprint density at radius 3 is 2.47 bits per heavy atom. The highest BCUT2D eigenvalue weighted by Gasteiger charge is 2.35. The van der Waals surface area contributed by atoms with Crippen molar-refractivity contribution in [1.82, 2.24) is 9.80 Å². The molecule has 0 radical (unpaired) electrons. The van der Waals surface area contributed by atoms with Gasteiger partial charge in [0, 0.05) is 50.7 Å². The van der Waals surface area contributed by atoms with Crippen molar-refractivity contribution in [2.24, 2.45) is 5.92 Å². The standard InChI is InChI=1S/C13H24N2O2/c1-10(2)14-5-3-12(4-6-14)15-8-11(9-16)7-13(15)17/h10-12,16H,3-9H2,1-2H3. The second-order valence-electron chi connectivity index (χ2n) is 5.66. The summed E-state index contributed by atoms with van der Waals surface area (Å²) in [5.41, 5.74) is 0. The molecule has 2 aliphatic rings. The Balaban J connectivity index is 1.87. The summed E-state index contributed by atoms with van der Waals surface area (Å²) >= 11 is 0. The molecule has 0 aliphatic carbocycles. The fourth-order valence-electron chi connectivity index (χ4n) is 3.00. The van der Waals surface area contributed by atoms with Crippen LogP contribution >= 0.6 is 0 Å². The van der Waals surface area contributed by atoms with E-state index in [4.69, 9.17) is 5.11 Å².